The van der Waals surface area contributed by atoms with Gasteiger partial charge in [0, 0.05) is 184 Å². The second-order valence-electron chi connectivity index (χ2n) is 35.7. The lowest BCUT2D eigenvalue weighted by Gasteiger charge is -2.42. The first-order valence-corrected chi connectivity index (χ1v) is 43.8. The third-order valence-corrected chi connectivity index (χ3v) is 29.4. The van der Waals surface area contributed by atoms with E-state index < -0.39 is 0 Å². The maximum Gasteiger partial charge on any atom is 0.159 e. The monoisotopic (exact) mass is 1620 g/mol. The number of allylic oxidation sites excluding steroid dienone is 2. The Morgan fingerprint density at radius 3 is 1.13 bits per heavy atom. The molecule has 12 aliphatic rings. The van der Waals surface area contributed by atoms with Crippen LogP contribution in [0.3, 0.4) is 0 Å². The Hall–Kier alpha value is -13.0. The van der Waals surface area contributed by atoms with Crippen molar-refractivity contribution in [3.63, 3.8) is 0 Å². The van der Waals surface area contributed by atoms with Crippen LogP contribution < -0.4 is 49.0 Å². The van der Waals surface area contributed by atoms with Crippen LogP contribution in [0.15, 0.2) is 240 Å². The fraction of sp³-hybridized carbons (Fsp3) is 0.308. The summed E-state index contributed by atoms with van der Waals surface area (Å²) >= 11 is 0. The summed E-state index contributed by atoms with van der Waals surface area (Å²) in [6, 6.07) is 61.4. The Morgan fingerprint density at radius 1 is 0.262 bits per heavy atom. The highest BCUT2D eigenvalue weighted by atomic mass is 16.3. The molecule has 0 fully saturated rings. The lowest BCUT2D eigenvalue weighted by Crippen LogP contribution is -2.40. The average molecular weight is 1620 g/mol. The quantitative estimate of drug-likeness (QED) is 0.168. The molecule has 10 aromatic carbocycles. The summed E-state index contributed by atoms with van der Waals surface area (Å²) < 4.78 is 13.0. The van der Waals surface area contributed by atoms with Gasteiger partial charge < -0.3 is 87.2 Å². The van der Waals surface area contributed by atoms with E-state index in [-0.39, 0.29) is 37.0 Å². The van der Waals surface area contributed by atoms with E-state index in [1.165, 1.54) is 148 Å². The van der Waals surface area contributed by atoms with Gasteiger partial charge in [-0.1, -0.05) is 115 Å². The molecule has 0 N–H and O–H groups in total. The Kier molecular flexibility index (Phi) is 17.7. The number of aryl methyl sites for hydroxylation is 2. The number of hydrogen-bond donors (Lipinski definition) is 0. The number of para-hydroxylation sites is 6. The number of hydrogen-bond acceptors (Lipinski definition) is 18. The van der Waals surface area contributed by atoms with Gasteiger partial charge in [0.05, 0.1) is 68.3 Å². The SMILES string of the molecule is Cc1c(N2C=CN(C)[C@H]2C)cc2c(oc3ccccc32)c1N1C=CN(C)[C@@H]1C.Cc1c(N2c3ccccc3N(C)[C@H]2C)cc2c(oc3ccccc32)c1N1c2ccccc2N(C)[C@@H]1C.Cc1c2c(cc3c1N1C(=CN(C)[C@@H]1C)CC3)CCC1=CN(C)[C@@H](C)N12.Cc1c2c(cc3c1N1C(=CN(C)[C@@H]1C)c1ccccc1-3)-c1ccccc1C1=CN(C)[C@@H](C)N12. The lowest BCUT2D eigenvalue weighted by molar-refractivity contribution is 0.378. The molecule has 0 unspecified atom stereocenters. The van der Waals surface area contributed by atoms with Crippen LogP contribution in [0.1, 0.15) is 113 Å². The fourth-order valence-corrected chi connectivity index (χ4v) is 21.9. The van der Waals surface area contributed by atoms with Crippen molar-refractivity contribution in [2.24, 2.45) is 0 Å². The summed E-state index contributed by atoms with van der Waals surface area (Å²) in [4.78, 5) is 38.3. The van der Waals surface area contributed by atoms with Crippen molar-refractivity contribution >= 4 is 124 Å². The van der Waals surface area contributed by atoms with Crippen molar-refractivity contribution in [3.8, 4) is 22.3 Å². The molecule has 2 aromatic heterocycles. The molecule has 122 heavy (non-hydrogen) atoms. The summed E-state index contributed by atoms with van der Waals surface area (Å²) in [6.45, 7) is 27.3. The van der Waals surface area contributed by atoms with Gasteiger partial charge in [-0.3, -0.25) is 0 Å². The smallest absolute Gasteiger partial charge is 0.159 e. The lowest BCUT2D eigenvalue weighted by atomic mass is 9.82. The number of rotatable bonds is 4. The van der Waals surface area contributed by atoms with Crippen molar-refractivity contribution < 1.29 is 8.83 Å². The maximum atomic E-state index is 6.62. The van der Waals surface area contributed by atoms with Gasteiger partial charge in [0.2, 0.25) is 0 Å². The number of fused-ring (bicyclic) bond motifs is 26. The molecule has 0 saturated carbocycles. The van der Waals surface area contributed by atoms with Crippen LogP contribution in [-0.2, 0) is 12.8 Å². The minimum Gasteiger partial charge on any atom is -0.454 e. The molecule has 18 nitrogen and oxygen atoms in total. The standard InChI is InChI=1S/C31H30N4O.C29H28N4.C23H26N4O.C21H28N4/c1-19-28(34-20(2)32(4)24-13-7-9-15-26(24)34)18-23-22-12-6-11-17-29(22)36-31(23)30(19)35-21(3)33(5)25-14-8-10-16-27(25)35;1-17-28-24(20-10-6-8-12-22(20)26-15-30(4)18(2)32(26)28)14-25-21-11-7-9-13-23(21)27-16-31(5)19(3)33(27)29(17)25;1-15-20(26-12-10-24(4)16(26)2)14-19-18-8-6-7-9-21(18)28-23(19)22(15)27-13-11-25(5)17(27)3;1-13-20-16(6-8-18-11-22(4)14(2)24(18)20)10-17-7-9-19-12-23(5)15(3)25(19)21(13)17/h6-18,20-21H,1-5H3;6-16,18-19H,1-5H3;6-14,16-17H,1-5H3;10-12,14-15H,6-9H2,1-5H3/t20-,21+;18-,19+;16-,17+;14-,15+/m1.1./s1. The number of benzene rings is 10. The van der Waals surface area contributed by atoms with E-state index in [0.29, 0.717) is 12.3 Å². The third kappa shape index (κ3) is 11.1. The molecule has 0 radical (unpaired) electrons. The Labute approximate surface area is 718 Å². The van der Waals surface area contributed by atoms with Crippen LogP contribution in [0.4, 0.5) is 68.2 Å². The summed E-state index contributed by atoms with van der Waals surface area (Å²) in [5, 5.41) is 4.63. The number of furan rings is 2. The van der Waals surface area contributed by atoms with E-state index >= 15 is 0 Å². The summed E-state index contributed by atoms with van der Waals surface area (Å²) in [7, 11) is 17.3. The van der Waals surface area contributed by atoms with Gasteiger partial charge in [-0.05, 0) is 197 Å². The predicted octanol–water partition coefficient (Wildman–Crippen LogP) is 22.7. The Balaban J connectivity index is 0.000000101. The van der Waals surface area contributed by atoms with Crippen LogP contribution in [0.25, 0.3) is 77.5 Å². The summed E-state index contributed by atoms with van der Waals surface area (Å²) in [5.41, 5.74) is 40.9. The van der Waals surface area contributed by atoms with Crippen molar-refractivity contribution in [2.45, 2.75) is 158 Å². The first-order valence-electron chi connectivity index (χ1n) is 43.8. The van der Waals surface area contributed by atoms with E-state index in [1.54, 1.807) is 11.1 Å². The third-order valence-electron chi connectivity index (χ3n) is 29.4. The highest BCUT2D eigenvalue weighted by Crippen LogP contribution is 2.60. The molecule has 620 valence electrons. The molecular formula is C104H112N16O2. The maximum absolute atomic E-state index is 6.62. The Bertz CT molecular complexity index is 6390. The van der Waals surface area contributed by atoms with Crippen molar-refractivity contribution in [1.82, 2.24) is 29.4 Å². The molecule has 12 aliphatic heterocycles. The van der Waals surface area contributed by atoms with E-state index in [4.69, 9.17) is 8.83 Å². The van der Waals surface area contributed by atoms with Crippen LogP contribution >= 0.6 is 0 Å². The van der Waals surface area contributed by atoms with Gasteiger partial charge >= 0.3 is 0 Å². The van der Waals surface area contributed by atoms with Crippen LogP contribution in [-0.4, -0.2) is 135 Å². The second-order valence-corrected chi connectivity index (χ2v) is 35.7. The molecule has 0 amide bonds. The normalized spacial score (nSPS) is 22.0. The summed E-state index contributed by atoms with van der Waals surface area (Å²) in [5.74, 6) is 0. The molecule has 12 aromatic rings. The first kappa shape index (κ1) is 76.4. The number of nitrogens with zero attached hydrogens (tertiary/aromatic N) is 16. The van der Waals surface area contributed by atoms with E-state index in [0.717, 1.165) is 68.1 Å². The van der Waals surface area contributed by atoms with E-state index in [9.17, 15) is 0 Å². The van der Waals surface area contributed by atoms with Crippen LogP contribution in [0.5, 0.6) is 0 Å². The molecule has 0 saturated heterocycles. The second kappa shape index (κ2) is 28.3. The Morgan fingerprint density at radius 2 is 0.648 bits per heavy atom. The highest BCUT2D eigenvalue weighted by molar-refractivity contribution is 6.15. The zero-order chi connectivity index (χ0) is 84.3. The van der Waals surface area contributed by atoms with Gasteiger partial charge in [-0.25, -0.2) is 0 Å². The zero-order valence-electron chi connectivity index (χ0n) is 74.2. The van der Waals surface area contributed by atoms with E-state index in [2.05, 4.69) is 425 Å². The minimum atomic E-state index is 0.152. The predicted molar refractivity (Wildman–Crippen MR) is 508 cm³/mol. The van der Waals surface area contributed by atoms with Crippen molar-refractivity contribution in [1.29, 1.82) is 0 Å². The molecule has 14 heterocycles. The van der Waals surface area contributed by atoms with Crippen molar-refractivity contribution in [3.05, 3.63) is 275 Å². The van der Waals surface area contributed by atoms with Gasteiger partial charge in [-0.15, -0.1) is 0 Å². The molecule has 18 heteroatoms. The van der Waals surface area contributed by atoms with E-state index in [1.807, 2.05) is 12.1 Å². The summed E-state index contributed by atoms with van der Waals surface area (Å²) in [6.07, 6.45) is 24.7. The topological polar surface area (TPSA) is 78.1 Å². The van der Waals surface area contributed by atoms with Crippen LogP contribution in [0.2, 0.25) is 0 Å². The van der Waals surface area contributed by atoms with Gasteiger partial charge in [0.1, 0.15) is 60.5 Å². The fourth-order valence-electron chi connectivity index (χ4n) is 21.9. The molecule has 0 spiro atoms. The molecule has 24 rings (SSSR count). The van der Waals surface area contributed by atoms with Crippen molar-refractivity contribution in [2.75, 3.05) is 105 Å². The highest BCUT2D eigenvalue weighted by Gasteiger charge is 2.46. The van der Waals surface area contributed by atoms with Gasteiger partial charge in [0.15, 0.2) is 11.2 Å². The molecular weight excluding hydrogens is 1510 g/mol. The van der Waals surface area contributed by atoms with Gasteiger partial charge in [-0.2, -0.15) is 0 Å². The number of anilines is 12. The molecule has 0 bridgehead atoms. The zero-order valence-corrected chi connectivity index (χ0v) is 74.2. The van der Waals surface area contributed by atoms with Gasteiger partial charge in [0.25, 0.3) is 0 Å². The average Bonchev–Trinajstić information content (AvgIpc) is 1.38. The first-order chi connectivity index (χ1) is 58.9. The largest absolute Gasteiger partial charge is 0.454 e. The molecule has 8 atom stereocenters. The van der Waals surface area contributed by atoms with Crippen LogP contribution in [0, 0.1) is 27.7 Å². The minimum absolute atomic E-state index is 0.152. The molecule has 0 aliphatic carbocycles.